The van der Waals surface area contributed by atoms with Gasteiger partial charge in [0.2, 0.25) is 0 Å². The third kappa shape index (κ3) is 44.3. The van der Waals surface area contributed by atoms with Crippen molar-refractivity contribution in [3.63, 3.8) is 0 Å². The molecule has 0 amide bonds. The lowest BCUT2D eigenvalue weighted by atomic mass is 9.82. The van der Waals surface area contributed by atoms with Gasteiger partial charge in [-0.15, -0.1) is 0 Å². The SMILES string of the molecule is C1CC2C3CCC(O3)C2C1.C1CC2C3CCC(S3)C2C1.C1CC2CCC1S2.C1CCNCC1.C1CCOC1.C1CCOCC1.C1CCSC1.C1CCSCC1.C1COCCN1.CC.CC.CC.CC.CC.CC.CC.CC.CC. The zero-order valence-electron chi connectivity index (χ0n) is 57.0. The number of piperidine rings is 1. The van der Waals surface area contributed by atoms with Crippen LogP contribution in [0.2, 0.25) is 0 Å². The maximum Gasteiger partial charge on any atom is 0.0611 e. The minimum atomic E-state index is 0.692. The smallest absolute Gasteiger partial charge is 0.0611 e. The first-order valence-electron chi connectivity index (χ1n) is 35.6. The number of hydrogen-bond donors (Lipinski definition) is 2. The Balaban J connectivity index is -0.000000390. The standard InChI is InChI=1S/C9H14O.C9H14S.C6H10S.C5H11N.C5H10O.C5H10S.C4H9NO.C4H8O.C4H8S.9C2H6/c2*1-2-6-7(3-1)9-5-4-8(6)10-9;1-2-6-4-3-5(1)7-6;3*1-2-4-6-5-3-1;1-3-6-4-2-5-1;2*1-2-4-5-3-1;9*1-2/h2*6-9H,1-5H2;5-6H,1-4H2;6H,1-5H2;2*1-5H2;5H,1-4H2;2*1-4H2;9*1-2H3. The number of thioether (sulfide) groups is 4. The number of hydrogen-bond acceptors (Lipinski definition) is 10. The molecule has 482 valence electrons. The van der Waals surface area contributed by atoms with Gasteiger partial charge in [0, 0.05) is 60.5 Å². The zero-order valence-corrected chi connectivity index (χ0v) is 60.3. The lowest BCUT2D eigenvalue weighted by Gasteiger charge is -2.21. The van der Waals surface area contributed by atoms with Gasteiger partial charge >= 0.3 is 0 Å². The van der Waals surface area contributed by atoms with E-state index in [9.17, 15) is 0 Å². The highest BCUT2D eigenvalue weighted by Crippen LogP contribution is 2.59. The van der Waals surface area contributed by atoms with Crippen molar-refractivity contribution >= 4 is 47.0 Å². The summed E-state index contributed by atoms with van der Waals surface area (Å²) in [6, 6.07) is 0. The Morgan fingerprint density at radius 1 is 0.266 bits per heavy atom. The second-order valence-electron chi connectivity index (χ2n) is 19.8. The molecule has 2 N–H and O–H groups in total. The van der Waals surface area contributed by atoms with Crippen LogP contribution >= 0.6 is 47.0 Å². The summed E-state index contributed by atoms with van der Waals surface area (Å²) in [6.07, 6.45) is 40.4. The molecule has 14 fully saturated rings. The van der Waals surface area contributed by atoms with Crippen LogP contribution in [-0.4, -0.2) is 122 Å². The largest absolute Gasteiger partial charge is 0.381 e. The van der Waals surface area contributed by atoms with Gasteiger partial charge in [-0.25, -0.2) is 0 Å². The predicted octanol–water partition coefficient (Wildman–Crippen LogP) is 21.7. The Morgan fingerprint density at radius 3 is 0.810 bits per heavy atom. The van der Waals surface area contributed by atoms with Crippen LogP contribution in [0.5, 0.6) is 0 Å². The molecule has 0 aromatic heterocycles. The first-order valence-corrected chi connectivity index (χ1v) is 39.8. The summed E-state index contributed by atoms with van der Waals surface area (Å²) in [5.74, 6) is 9.98. The van der Waals surface area contributed by atoms with Crippen molar-refractivity contribution in [2.45, 2.75) is 331 Å². The molecule has 12 heterocycles. The van der Waals surface area contributed by atoms with Crippen LogP contribution in [0.25, 0.3) is 0 Å². The van der Waals surface area contributed by atoms with Gasteiger partial charge in [0.25, 0.3) is 0 Å². The molecular formula is C69H148N2O4S4. The molecule has 0 spiro atoms. The Morgan fingerprint density at radius 2 is 0.582 bits per heavy atom. The molecular weight excluding hydrogens is 1050 g/mol. The van der Waals surface area contributed by atoms with Gasteiger partial charge in [0.1, 0.15) is 0 Å². The number of ether oxygens (including phenoxy) is 4. The third-order valence-corrected chi connectivity index (χ3v) is 21.1. The van der Waals surface area contributed by atoms with Crippen molar-refractivity contribution in [2.75, 3.05) is 88.8 Å². The molecule has 14 aliphatic rings. The Labute approximate surface area is 517 Å². The van der Waals surface area contributed by atoms with Crippen LogP contribution in [0.3, 0.4) is 0 Å². The van der Waals surface area contributed by atoms with Crippen molar-refractivity contribution < 1.29 is 18.9 Å². The van der Waals surface area contributed by atoms with E-state index in [1.54, 1.807) is 32.1 Å². The van der Waals surface area contributed by atoms with Gasteiger partial charge in [0.15, 0.2) is 0 Å². The topological polar surface area (TPSA) is 61.0 Å². The van der Waals surface area contributed by atoms with Crippen molar-refractivity contribution in [1.29, 1.82) is 0 Å². The number of fused-ring (bicyclic) bond motifs is 12. The summed E-state index contributed by atoms with van der Waals surface area (Å²) < 4.78 is 20.9. The van der Waals surface area contributed by atoms with E-state index in [0.717, 1.165) is 85.6 Å². The predicted molar refractivity (Wildman–Crippen MR) is 373 cm³/mol. The van der Waals surface area contributed by atoms with Gasteiger partial charge in [-0.2, -0.15) is 47.0 Å². The molecule has 6 nitrogen and oxygen atoms in total. The summed E-state index contributed by atoms with van der Waals surface area (Å²) in [5.41, 5.74) is 0. The van der Waals surface area contributed by atoms with Crippen molar-refractivity contribution in [2.24, 2.45) is 23.7 Å². The molecule has 6 bridgehead atoms. The number of rotatable bonds is 0. The average molecular weight is 1200 g/mol. The van der Waals surface area contributed by atoms with E-state index < -0.39 is 0 Å². The summed E-state index contributed by atoms with van der Waals surface area (Å²) >= 11 is 8.72. The molecule has 2 saturated carbocycles. The minimum Gasteiger partial charge on any atom is -0.381 e. The Bertz CT molecular complexity index is 856. The molecule has 14 rings (SSSR count). The van der Waals surface area contributed by atoms with E-state index in [1.165, 1.54) is 189 Å². The molecule has 8 atom stereocenters. The molecule has 12 aliphatic heterocycles. The van der Waals surface area contributed by atoms with Crippen molar-refractivity contribution in [3.05, 3.63) is 0 Å². The van der Waals surface area contributed by atoms with Crippen LogP contribution < -0.4 is 10.6 Å². The van der Waals surface area contributed by atoms with Gasteiger partial charge in [-0.3, -0.25) is 0 Å². The quantitative estimate of drug-likeness (QED) is 0.245. The fraction of sp³-hybridized carbons (Fsp3) is 1.00. The highest BCUT2D eigenvalue weighted by atomic mass is 32.2. The van der Waals surface area contributed by atoms with E-state index in [2.05, 4.69) is 57.7 Å². The fourth-order valence-electron chi connectivity index (χ4n) is 11.8. The van der Waals surface area contributed by atoms with Gasteiger partial charge in [-0.05, 0) is 207 Å². The van der Waals surface area contributed by atoms with Crippen LogP contribution in [0.15, 0.2) is 0 Å². The maximum atomic E-state index is 5.84. The van der Waals surface area contributed by atoms with Crippen LogP contribution in [0.4, 0.5) is 0 Å². The number of morpholine rings is 1. The first-order chi connectivity index (χ1) is 39.3. The molecule has 2 aliphatic carbocycles. The molecule has 0 aromatic carbocycles. The summed E-state index contributed by atoms with van der Waals surface area (Å²) in [5, 5.41) is 10.8. The Kier molecular flexibility index (Phi) is 78.5. The van der Waals surface area contributed by atoms with Gasteiger partial charge in [0.05, 0.1) is 25.4 Å². The normalized spacial score (nSPS) is 29.8. The van der Waals surface area contributed by atoms with Crippen molar-refractivity contribution in [1.82, 2.24) is 10.6 Å². The fourth-order valence-corrected chi connectivity index (χ4v) is 17.6. The van der Waals surface area contributed by atoms with Gasteiger partial charge < -0.3 is 29.6 Å². The molecule has 12 saturated heterocycles. The molecule has 8 unspecified atom stereocenters. The number of nitrogens with one attached hydrogen (secondary N) is 2. The zero-order chi connectivity index (χ0) is 59.8. The van der Waals surface area contributed by atoms with E-state index in [-0.39, 0.29) is 0 Å². The lowest BCUT2D eigenvalue weighted by Crippen LogP contribution is -2.30. The highest BCUT2D eigenvalue weighted by molar-refractivity contribution is 8.01. The monoisotopic (exact) mass is 1200 g/mol. The van der Waals surface area contributed by atoms with Crippen molar-refractivity contribution in [3.8, 4) is 0 Å². The molecule has 0 aromatic rings. The first kappa shape index (κ1) is 86.6. The van der Waals surface area contributed by atoms with Crippen LogP contribution in [0, 0.1) is 23.7 Å². The lowest BCUT2D eigenvalue weighted by molar-refractivity contribution is 0.0814. The van der Waals surface area contributed by atoms with Crippen LogP contribution in [0.1, 0.15) is 298 Å². The second kappa shape index (κ2) is 71.6. The summed E-state index contributed by atoms with van der Waals surface area (Å²) in [7, 11) is 0. The van der Waals surface area contributed by atoms with Crippen LogP contribution in [-0.2, 0) is 18.9 Å². The average Bonchev–Trinajstić information content (AvgIpc) is 4.56. The Hall–Kier alpha value is 1.16. The van der Waals surface area contributed by atoms with E-state index in [0.29, 0.717) is 12.2 Å². The third-order valence-electron chi connectivity index (χ3n) is 15.2. The summed E-state index contributed by atoms with van der Waals surface area (Å²) in [4.78, 5) is 0. The molecule has 0 radical (unpaired) electrons. The molecule has 79 heavy (non-hydrogen) atoms. The van der Waals surface area contributed by atoms with E-state index >= 15 is 0 Å². The second-order valence-corrected chi connectivity index (χ2v) is 25.3. The summed E-state index contributed by atoms with van der Waals surface area (Å²) in [6.45, 7) is 46.3. The van der Waals surface area contributed by atoms with E-state index in [1.807, 2.05) is 125 Å². The highest BCUT2D eigenvalue weighted by Gasteiger charge is 2.51. The minimum absolute atomic E-state index is 0.692. The molecule has 10 heteroatoms. The maximum absolute atomic E-state index is 5.84. The van der Waals surface area contributed by atoms with Gasteiger partial charge in [-0.1, -0.05) is 150 Å². The van der Waals surface area contributed by atoms with E-state index in [4.69, 9.17) is 18.9 Å².